The summed E-state index contributed by atoms with van der Waals surface area (Å²) in [7, 11) is 3.22. The van der Waals surface area contributed by atoms with Crippen LogP contribution >= 0.6 is 22.9 Å². The SMILES string of the molecule is Cc1csc2c(OC(=O)N(C)CC(C)(C)CN(C)C(=O)OCc3ccc(NC(=O)CNC(=O)C(CC(C)C)NC(=O)C(Cc4ccccc4)NC(=O)CCCCCN4C(=O)C=CC4=O)cc3)cc3c(c12)C(CCl)CN3C(=O)c1cc2cc(NC(=O)c3cc4cc(OCCN5CCCC5)ccc4[nH]3)ccc2[nH]1. The second kappa shape index (κ2) is 34.6. The number of aryl methyl sites for hydroxylation is 1. The maximum atomic E-state index is 14.7. The molecular weight excluding hydrogens is 1390 g/mol. The standard InChI is InChI=1S/C79H91ClN12O13S/c1-48(2)34-60(87-75(99)61(35-50-16-10-8-11-17-50)86-66(93)18-12-9-13-31-91-68(95)27-28-69(91)96)73(97)81-42-67(94)82-55-21-19-51(20-22-55)44-104-77(101)88(6)46-79(4,5)47-89(7)78(102)105-65-40-64-71(70-49(3)45-106-72(65)70)54(41-80)43-92(64)76(100)63-39-52-36-56(23-25-58(52)85-63)83-74(98)62-38-53-37-57(24-26-59(53)84-62)103-33-32-90-29-14-15-30-90/h8,10-11,16-17,19-28,36-40,45,48,54,60-61,84-85H,9,12-15,18,29-35,41-44,46-47H2,1-7H3,(H,81,97)(H,82,94)(H,83,98)(H,86,93)(H,87,99). The van der Waals surface area contributed by atoms with Crippen LogP contribution in [0.5, 0.6) is 11.5 Å². The molecule has 27 heteroatoms. The van der Waals surface area contributed by atoms with Crippen LogP contribution < -0.4 is 41.0 Å². The summed E-state index contributed by atoms with van der Waals surface area (Å²) >= 11 is 8.12. The van der Waals surface area contributed by atoms with Crippen LogP contribution in [0.25, 0.3) is 31.9 Å². The van der Waals surface area contributed by atoms with E-state index in [2.05, 4.69) is 41.5 Å². The number of anilines is 3. The Morgan fingerprint density at radius 1 is 0.717 bits per heavy atom. The molecule has 558 valence electrons. The molecule has 11 rings (SSSR count). The molecule has 0 saturated carbocycles. The third-order valence-electron chi connectivity index (χ3n) is 19.0. The number of rotatable bonds is 32. The van der Waals surface area contributed by atoms with E-state index in [1.54, 1.807) is 67.5 Å². The fraction of sp³-hybridized carbons (Fsp3) is 0.392. The van der Waals surface area contributed by atoms with Gasteiger partial charge in [-0.1, -0.05) is 76.6 Å². The molecule has 106 heavy (non-hydrogen) atoms. The van der Waals surface area contributed by atoms with E-state index in [0.717, 1.165) is 68.0 Å². The first-order valence-electron chi connectivity index (χ1n) is 35.8. The van der Waals surface area contributed by atoms with Gasteiger partial charge in [0.2, 0.25) is 23.6 Å². The monoisotopic (exact) mass is 1480 g/mol. The summed E-state index contributed by atoms with van der Waals surface area (Å²) in [6.45, 7) is 13.6. The first kappa shape index (κ1) is 76.6. The lowest BCUT2D eigenvalue weighted by molar-refractivity contribution is -0.137. The number of aromatic amines is 2. The number of hydrogen-bond donors (Lipinski definition) is 7. The van der Waals surface area contributed by atoms with Crippen molar-refractivity contribution in [3.8, 4) is 11.5 Å². The molecule has 5 aromatic carbocycles. The van der Waals surface area contributed by atoms with Gasteiger partial charge >= 0.3 is 12.2 Å². The zero-order valence-corrected chi connectivity index (χ0v) is 62.3. The Labute approximate surface area is 624 Å². The van der Waals surface area contributed by atoms with Crippen LogP contribution in [0.15, 0.2) is 127 Å². The summed E-state index contributed by atoms with van der Waals surface area (Å²) in [4.78, 5) is 148. The minimum absolute atomic E-state index is 0.0368. The molecule has 7 N–H and O–H groups in total. The minimum atomic E-state index is -1.03. The Morgan fingerprint density at radius 2 is 1.40 bits per heavy atom. The predicted molar refractivity (Wildman–Crippen MR) is 409 cm³/mol. The molecule has 3 atom stereocenters. The van der Waals surface area contributed by atoms with Crippen molar-refractivity contribution in [1.29, 1.82) is 0 Å². The second-order valence-electron chi connectivity index (χ2n) is 28.7. The lowest BCUT2D eigenvalue weighted by Gasteiger charge is -2.33. The summed E-state index contributed by atoms with van der Waals surface area (Å²) in [6, 6.07) is 30.1. The van der Waals surface area contributed by atoms with E-state index in [0.29, 0.717) is 70.8 Å². The average molecular weight is 1480 g/mol. The van der Waals surface area contributed by atoms with Crippen LogP contribution in [0.3, 0.4) is 0 Å². The second-order valence-corrected chi connectivity index (χ2v) is 29.9. The number of imide groups is 1. The van der Waals surface area contributed by atoms with E-state index in [4.69, 9.17) is 25.8 Å². The highest BCUT2D eigenvalue weighted by Gasteiger charge is 2.38. The van der Waals surface area contributed by atoms with E-state index in [1.807, 2.05) is 101 Å². The summed E-state index contributed by atoms with van der Waals surface area (Å²) in [5, 5.41) is 18.4. The molecule has 0 spiro atoms. The van der Waals surface area contributed by atoms with Crippen molar-refractivity contribution in [2.24, 2.45) is 11.3 Å². The third kappa shape index (κ3) is 19.5. The van der Waals surface area contributed by atoms with Crippen molar-refractivity contribution in [2.45, 2.75) is 111 Å². The highest BCUT2D eigenvalue weighted by Crippen LogP contribution is 2.49. The molecule has 10 amide bonds. The fourth-order valence-corrected chi connectivity index (χ4v) is 15.1. The fourth-order valence-electron chi connectivity index (χ4n) is 13.8. The number of nitrogens with one attached hydrogen (secondary N) is 7. The van der Waals surface area contributed by atoms with Crippen molar-refractivity contribution >= 4 is 131 Å². The molecule has 0 radical (unpaired) electrons. The number of likely N-dealkylation sites (tertiary alicyclic amines) is 1. The molecule has 3 aromatic heterocycles. The van der Waals surface area contributed by atoms with Crippen molar-refractivity contribution in [1.82, 2.24) is 45.5 Å². The normalized spacial score (nSPS) is 14.9. The van der Waals surface area contributed by atoms with E-state index >= 15 is 0 Å². The maximum Gasteiger partial charge on any atom is 0.415 e. The van der Waals surface area contributed by atoms with Gasteiger partial charge in [-0.2, -0.15) is 0 Å². The molecule has 6 heterocycles. The number of halogens is 1. The number of carbonyl (C=O) groups excluding carboxylic acids is 10. The zero-order valence-electron chi connectivity index (χ0n) is 60.7. The number of ether oxygens (including phenoxy) is 3. The molecule has 0 bridgehead atoms. The number of hydrogen-bond acceptors (Lipinski definition) is 15. The van der Waals surface area contributed by atoms with Crippen molar-refractivity contribution < 1.29 is 62.2 Å². The summed E-state index contributed by atoms with van der Waals surface area (Å²) in [6.07, 6.45) is 5.68. The molecule has 3 aliphatic heterocycles. The number of unbranched alkanes of at least 4 members (excludes halogenated alkanes) is 2. The lowest BCUT2D eigenvalue weighted by Crippen LogP contribution is -2.55. The smallest absolute Gasteiger partial charge is 0.415 e. The number of carbonyl (C=O) groups is 10. The Balaban J connectivity index is 0.635. The number of fused-ring (bicyclic) bond motifs is 5. The Bertz CT molecular complexity index is 4600. The Kier molecular flexibility index (Phi) is 25.0. The van der Waals surface area contributed by atoms with Crippen molar-refractivity contribution in [2.75, 3.05) is 94.5 Å². The van der Waals surface area contributed by atoms with Crippen LogP contribution in [0.2, 0.25) is 0 Å². The number of H-pyrrole nitrogens is 2. The molecule has 1 fully saturated rings. The van der Waals surface area contributed by atoms with Gasteiger partial charge in [0, 0.05) is 134 Å². The summed E-state index contributed by atoms with van der Waals surface area (Å²) in [5.41, 5.74) is 6.31. The van der Waals surface area contributed by atoms with Gasteiger partial charge in [0.15, 0.2) is 5.75 Å². The molecule has 1 saturated heterocycles. The topological polar surface area (TPSA) is 306 Å². The number of thiophene rings is 1. The number of aromatic nitrogens is 2. The van der Waals surface area contributed by atoms with Gasteiger partial charge in [-0.3, -0.25) is 48.2 Å². The number of benzene rings is 5. The molecule has 3 aliphatic rings. The highest BCUT2D eigenvalue weighted by molar-refractivity contribution is 7.17. The largest absolute Gasteiger partial charge is 0.492 e. The van der Waals surface area contributed by atoms with Gasteiger partial charge in [0.25, 0.3) is 23.6 Å². The number of alkyl halides is 1. The molecule has 0 aliphatic carbocycles. The minimum Gasteiger partial charge on any atom is -0.492 e. The van der Waals surface area contributed by atoms with Gasteiger partial charge < -0.3 is 65.5 Å². The number of amides is 10. The van der Waals surface area contributed by atoms with Crippen LogP contribution in [-0.4, -0.2) is 180 Å². The molecule has 8 aromatic rings. The zero-order chi connectivity index (χ0) is 75.3. The predicted octanol–water partition coefficient (Wildman–Crippen LogP) is 11.4. The summed E-state index contributed by atoms with van der Waals surface area (Å²) < 4.78 is 18.7. The molecule has 3 unspecified atom stereocenters. The third-order valence-corrected chi connectivity index (χ3v) is 20.5. The van der Waals surface area contributed by atoms with Crippen LogP contribution in [-0.2, 0) is 46.5 Å². The Morgan fingerprint density at radius 3 is 2.11 bits per heavy atom. The van der Waals surface area contributed by atoms with Gasteiger partial charge in [-0.25, -0.2) is 9.59 Å². The quantitative estimate of drug-likeness (QED) is 0.0117. The van der Waals surface area contributed by atoms with Crippen LogP contribution in [0, 0.1) is 18.3 Å². The highest BCUT2D eigenvalue weighted by atomic mass is 35.5. The van der Waals surface area contributed by atoms with E-state index in [-0.39, 0.29) is 105 Å². The van der Waals surface area contributed by atoms with Crippen molar-refractivity contribution in [3.05, 3.63) is 160 Å². The van der Waals surface area contributed by atoms with Crippen LogP contribution in [0.1, 0.15) is 122 Å². The van der Waals surface area contributed by atoms with E-state index in [9.17, 15) is 47.9 Å². The number of nitrogens with zero attached hydrogens (tertiary/aromatic N) is 5. The molecule has 25 nitrogen and oxygen atoms in total. The summed E-state index contributed by atoms with van der Waals surface area (Å²) in [5.74, 6) is -2.43. The van der Waals surface area contributed by atoms with Gasteiger partial charge in [0.05, 0.1) is 16.9 Å². The maximum absolute atomic E-state index is 14.7. The lowest BCUT2D eigenvalue weighted by atomic mass is 9.92. The first-order valence-corrected chi connectivity index (χ1v) is 37.3. The van der Waals surface area contributed by atoms with E-state index in [1.165, 1.54) is 46.1 Å². The van der Waals surface area contributed by atoms with Gasteiger partial charge in [-0.15, -0.1) is 22.9 Å². The van der Waals surface area contributed by atoms with Crippen molar-refractivity contribution in [3.63, 3.8) is 0 Å². The van der Waals surface area contributed by atoms with Gasteiger partial charge in [0.1, 0.15) is 42.4 Å². The van der Waals surface area contributed by atoms with E-state index < -0.39 is 54.0 Å². The average Bonchev–Trinajstić information content (AvgIpc) is 1.60. The van der Waals surface area contributed by atoms with Gasteiger partial charge in [-0.05, 0) is 146 Å². The molecular formula is C79H91ClN12O13S. The first-order chi connectivity index (χ1) is 50.8. The van der Waals surface area contributed by atoms with Crippen LogP contribution in [0.4, 0.5) is 26.7 Å². The Hall–Kier alpha value is -10.6.